The van der Waals surface area contributed by atoms with Crippen LogP contribution in [0.25, 0.3) is 0 Å². The third-order valence-corrected chi connectivity index (χ3v) is 9.77. The maximum Gasteiger partial charge on any atom is 0.243 e. The van der Waals surface area contributed by atoms with Gasteiger partial charge < -0.3 is 19.7 Å². The highest BCUT2D eigenvalue weighted by molar-refractivity contribution is 7.89. The molecule has 9 nitrogen and oxygen atoms in total. The number of carbonyl (C=O) groups excluding carboxylic acids is 2. The molecule has 236 valence electrons. The molecule has 1 N–H and O–H groups in total. The molecule has 1 aliphatic rings. The van der Waals surface area contributed by atoms with Gasteiger partial charge in [-0.05, 0) is 66.6 Å². The van der Waals surface area contributed by atoms with Crippen molar-refractivity contribution < 1.29 is 27.5 Å². The highest BCUT2D eigenvalue weighted by Gasteiger charge is 2.30. The second-order valence-corrected chi connectivity index (χ2v) is 12.9. The van der Waals surface area contributed by atoms with E-state index in [1.54, 1.807) is 43.4 Å². The second-order valence-electron chi connectivity index (χ2n) is 11.0. The molecule has 44 heavy (non-hydrogen) atoms. The van der Waals surface area contributed by atoms with E-state index in [4.69, 9.17) is 9.47 Å². The Bertz CT molecular complexity index is 1440. The summed E-state index contributed by atoms with van der Waals surface area (Å²) in [6.45, 7) is 2.31. The molecule has 1 saturated heterocycles. The first-order chi connectivity index (χ1) is 21.3. The second kappa shape index (κ2) is 16.4. The van der Waals surface area contributed by atoms with Crippen LogP contribution < -0.4 is 10.1 Å². The molecular formula is C34H43N3O6S. The molecule has 0 saturated carbocycles. The molecule has 3 aromatic carbocycles. The van der Waals surface area contributed by atoms with E-state index in [1.807, 2.05) is 54.6 Å². The molecule has 3 aromatic rings. The molecule has 1 fully saturated rings. The number of hydrogen-bond acceptors (Lipinski definition) is 6. The van der Waals surface area contributed by atoms with E-state index in [0.29, 0.717) is 51.3 Å². The molecule has 0 aliphatic carbocycles. The summed E-state index contributed by atoms with van der Waals surface area (Å²) < 4.78 is 37.8. The summed E-state index contributed by atoms with van der Waals surface area (Å²) in [5.41, 5.74) is 2.68. The zero-order chi connectivity index (χ0) is 31.4. The highest BCUT2D eigenvalue weighted by atomic mass is 32.2. The fourth-order valence-corrected chi connectivity index (χ4v) is 6.85. The molecule has 1 heterocycles. The lowest BCUT2D eigenvalue weighted by atomic mass is 10.0. The van der Waals surface area contributed by atoms with Crippen molar-refractivity contribution in [3.63, 3.8) is 0 Å². The van der Waals surface area contributed by atoms with E-state index in [-0.39, 0.29) is 29.7 Å². The quantitative estimate of drug-likeness (QED) is 0.241. The first-order valence-electron chi connectivity index (χ1n) is 15.1. The van der Waals surface area contributed by atoms with Crippen LogP contribution >= 0.6 is 0 Å². The van der Waals surface area contributed by atoms with Gasteiger partial charge in [-0.2, -0.15) is 4.31 Å². The molecule has 1 aliphatic heterocycles. The average molecular weight is 622 g/mol. The summed E-state index contributed by atoms with van der Waals surface area (Å²) in [6.07, 6.45) is 3.36. The van der Waals surface area contributed by atoms with Gasteiger partial charge in [0.25, 0.3) is 0 Å². The molecule has 0 spiro atoms. The minimum absolute atomic E-state index is 0.163. The van der Waals surface area contributed by atoms with Gasteiger partial charge in [0.2, 0.25) is 21.8 Å². The number of nitrogens with one attached hydrogen (secondary N) is 1. The van der Waals surface area contributed by atoms with Gasteiger partial charge in [-0.25, -0.2) is 8.42 Å². The van der Waals surface area contributed by atoms with Gasteiger partial charge in [0.15, 0.2) is 0 Å². The molecule has 1 atom stereocenters. The molecule has 10 heteroatoms. The minimum Gasteiger partial charge on any atom is -0.497 e. The summed E-state index contributed by atoms with van der Waals surface area (Å²) in [5.74, 6) is 0.324. The van der Waals surface area contributed by atoms with Crippen molar-refractivity contribution in [2.24, 2.45) is 0 Å². The molecule has 4 rings (SSSR count). The van der Waals surface area contributed by atoms with Crippen LogP contribution in [0.15, 0.2) is 83.8 Å². The first-order valence-corrected chi connectivity index (χ1v) is 16.6. The van der Waals surface area contributed by atoms with E-state index < -0.39 is 16.1 Å². The van der Waals surface area contributed by atoms with E-state index in [9.17, 15) is 18.0 Å². The number of ether oxygens (including phenoxy) is 2. The Kier molecular flexibility index (Phi) is 12.3. The van der Waals surface area contributed by atoms with E-state index >= 15 is 0 Å². The summed E-state index contributed by atoms with van der Waals surface area (Å²) >= 11 is 0. The molecular weight excluding hydrogens is 578 g/mol. The van der Waals surface area contributed by atoms with Crippen LogP contribution in [0.1, 0.15) is 42.4 Å². The van der Waals surface area contributed by atoms with Crippen molar-refractivity contribution in [1.82, 2.24) is 14.5 Å². The number of hydrogen-bond donors (Lipinski definition) is 1. The van der Waals surface area contributed by atoms with Gasteiger partial charge in [0.1, 0.15) is 11.8 Å². The Morgan fingerprint density at radius 3 is 2.18 bits per heavy atom. The fraction of sp³-hybridized carbons (Fsp3) is 0.412. The highest BCUT2D eigenvalue weighted by Crippen LogP contribution is 2.22. The summed E-state index contributed by atoms with van der Waals surface area (Å²) in [7, 11) is -0.284. The molecule has 0 unspecified atom stereocenters. The third kappa shape index (κ3) is 9.14. The number of aryl methyl sites for hydroxylation is 1. The number of nitrogens with zero attached hydrogens (tertiary/aromatic N) is 2. The average Bonchev–Trinajstić information content (AvgIpc) is 3.61. The van der Waals surface area contributed by atoms with Crippen molar-refractivity contribution >= 4 is 21.8 Å². The molecule has 2 amide bonds. The predicted molar refractivity (Wildman–Crippen MR) is 170 cm³/mol. The Balaban J connectivity index is 1.54. The van der Waals surface area contributed by atoms with Crippen LogP contribution in [-0.2, 0) is 43.7 Å². The summed E-state index contributed by atoms with van der Waals surface area (Å²) in [5, 5.41) is 3.00. The van der Waals surface area contributed by atoms with Crippen LogP contribution in [-0.4, -0.2) is 75.9 Å². The van der Waals surface area contributed by atoms with Crippen molar-refractivity contribution in [3.05, 3.63) is 95.6 Å². The Hall–Kier alpha value is -3.73. The molecule has 0 radical (unpaired) electrons. The Morgan fingerprint density at radius 2 is 1.55 bits per heavy atom. The van der Waals surface area contributed by atoms with Gasteiger partial charge in [0.05, 0.1) is 12.0 Å². The van der Waals surface area contributed by atoms with Gasteiger partial charge in [0, 0.05) is 52.7 Å². The number of methoxy groups -OCH3 is 2. The van der Waals surface area contributed by atoms with E-state index in [2.05, 4.69) is 5.32 Å². The normalized spacial score (nSPS) is 14.2. The number of carbonyl (C=O) groups is 2. The van der Waals surface area contributed by atoms with Gasteiger partial charge in [-0.3, -0.25) is 9.59 Å². The van der Waals surface area contributed by atoms with Crippen molar-refractivity contribution in [2.45, 2.75) is 56.0 Å². The number of rotatable bonds is 16. The zero-order valence-corrected chi connectivity index (χ0v) is 26.4. The maximum atomic E-state index is 14.0. The number of benzene rings is 3. The lowest BCUT2D eigenvalue weighted by molar-refractivity contribution is -0.141. The van der Waals surface area contributed by atoms with Crippen LogP contribution in [0.2, 0.25) is 0 Å². The van der Waals surface area contributed by atoms with Crippen molar-refractivity contribution in [1.29, 1.82) is 0 Å². The molecule has 0 aromatic heterocycles. The molecule has 0 bridgehead atoms. The Morgan fingerprint density at radius 1 is 0.886 bits per heavy atom. The van der Waals surface area contributed by atoms with E-state index in [0.717, 1.165) is 29.5 Å². The first kappa shape index (κ1) is 33.2. The maximum absolute atomic E-state index is 14.0. The Labute approximate surface area is 261 Å². The number of sulfonamides is 1. The van der Waals surface area contributed by atoms with E-state index in [1.165, 1.54) is 4.31 Å². The minimum atomic E-state index is -3.50. The number of amides is 2. The van der Waals surface area contributed by atoms with Gasteiger partial charge >= 0.3 is 0 Å². The SMILES string of the molecule is COCCCNC(=O)[C@H](Cc1ccccc1)N(Cc1ccc(OC)cc1)C(=O)CCc1ccc(S(=O)(=O)N2CCCC2)cc1. The van der Waals surface area contributed by atoms with Crippen molar-refractivity contribution in [3.8, 4) is 5.75 Å². The third-order valence-electron chi connectivity index (χ3n) is 7.86. The van der Waals surface area contributed by atoms with Crippen LogP contribution in [0.4, 0.5) is 0 Å². The monoisotopic (exact) mass is 621 g/mol. The topological polar surface area (TPSA) is 105 Å². The largest absolute Gasteiger partial charge is 0.497 e. The predicted octanol–water partition coefficient (Wildman–Crippen LogP) is 4.21. The summed E-state index contributed by atoms with van der Waals surface area (Å²) in [6, 6.07) is 23.2. The van der Waals surface area contributed by atoms with Gasteiger partial charge in [-0.15, -0.1) is 0 Å². The van der Waals surface area contributed by atoms with Crippen LogP contribution in [0.5, 0.6) is 5.75 Å². The lowest BCUT2D eigenvalue weighted by Crippen LogP contribution is -2.50. The smallest absolute Gasteiger partial charge is 0.243 e. The summed E-state index contributed by atoms with van der Waals surface area (Å²) in [4.78, 5) is 29.5. The van der Waals surface area contributed by atoms with Gasteiger partial charge in [-0.1, -0.05) is 54.6 Å². The van der Waals surface area contributed by atoms with Crippen molar-refractivity contribution in [2.75, 3.05) is 40.5 Å². The van der Waals surface area contributed by atoms with Crippen LogP contribution in [0, 0.1) is 0 Å². The fourth-order valence-electron chi connectivity index (χ4n) is 5.33. The zero-order valence-electron chi connectivity index (χ0n) is 25.6. The standard InChI is InChI=1S/C34H43N3O6S/c1-42-24-8-21-35-34(39)32(25-28-9-4-3-5-10-28)37(26-29-11-16-30(43-2)17-12-29)33(38)20-15-27-13-18-31(19-14-27)44(40,41)36-22-6-7-23-36/h3-5,9-14,16-19,32H,6-8,15,20-26H2,1-2H3,(H,35,39)/t32-/m0/s1. The van der Waals surface area contributed by atoms with Crippen LogP contribution in [0.3, 0.4) is 0 Å². The lowest BCUT2D eigenvalue weighted by Gasteiger charge is -2.32.